The summed E-state index contributed by atoms with van der Waals surface area (Å²) in [5.74, 6) is -1.21. The van der Waals surface area contributed by atoms with Crippen LogP contribution in [0, 0.1) is 5.82 Å². The van der Waals surface area contributed by atoms with Gasteiger partial charge in [-0.1, -0.05) is 48.5 Å². The standard InChI is InChI=1S/C23H21FN2O2/c1-16(27)25-22-15-19(13-14-21(22)24)26-23(28)20-10-6-5-9-18(20)12-11-17-7-3-2-4-8-17/h2-10,13-15H,11-12H2,1H3,(H,25,27)(H,26,28). The number of halogens is 1. The molecule has 0 aliphatic rings. The highest BCUT2D eigenvalue weighted by molar-refractivity contribution is 6.05. The lowest BCUT2D eigenvalue weighted by molar-refractivity contribution is -0.114. The van der Waals surface area contributed by atoms with Crippen LogP contribution in [0.2, 0.25) is 0 Å². The predicted octanol–water partition coefficient (Wildman–Crippen LogP) is 4.82. The van der Waals surface area contributed by atoms with Gasteiger partial charge in [0, 0.05) is 18.2 Å². The van der Waals surface area contributed by atoms with E-state index in [-0.39, 0.29) is 17.5 Å². The molecule has 2 N–H and O–H groups in total. The van der Waals surface area contributed by atoms with Crippen LogP contribution in [0.3, 0.4) is 0 Å². The Balaban J connectivity index is 1.75. The molecule has 0 atom stereocenters. The number of benzene rings is 3. The van der Waals surface area contributed by atoms with Crippen molar-refractivity contribution in [2.45, 2.75) is 19.8 Å². The van der Waals surface area contributed by atoms with Crippen molar-refractivity contribution in [2.75, 3.05) is 10.6 Å². The van der Waals surface area contributed by atoms with E-state index >= 15 is 0 Å². The first-order valence-electron chi connectivity index (χ1n) is 9.03. The summed E-state index contributed by atoms with van der Waals surface area (Å²) < 4.78 is 13.8. The topological polar surface area (TPSA) is 58.2 Å². The van der Waals surface area contributed by atoms with E-state index in [9.17, 15) is 14.0 Å². The minimum Gasteiger partial charge on any atom is -0.324 e. The number of amides is 2. The summed E-state index contributed by atoms with van der Waals surface area (Å²) in [4.78, 5) is 24.0. The van der Waals surface area contributed by atoms with E-state index < -0.39 is 5.82 Å². The zero-order valence-corrected chi connectivity index (χ0v) is 15.5. The number of hydrogen-bond donors (Lipinski definition) is 2. The number of rotatable bonds is 6. The molecule has 0 aliphatic heterocycles. The van der Waals surface area contributed by atoms with Gasteiger partial charge in [-0.15, -0.1) is 0 Å². The SMILES string of the molecule is CC(=O)Nc1cc(NC(=O)c2ccccc2CCc2ccccc2)ccc1F. The van der Waals surface area contributed by atoms with Crippen molar-refractivity contribution >= 4 is 23.2 Å². The Morgan fingerprint density at radius 1 is 0.857 bits per heavy atom. The molecule has 3 rings (SSSR count). The Hall–Kier alpha value is -3.47. The minimum absolute atomic E-state index is 0.0302. The molecule has 5 heteroatoms. The second-order valence-electron chi connectivity index (χ2n) is 6.47. The molecule has 4 nitrogen and oxygen atoms in total. The zero-order valence-electron chi connectivity index (χ0n) is 15.5. The number of nitrogens with one attached hydrogen (secondary N) is 2. The molecule has 0 saturated carbocycles. The van der Waals surface area contributed by atoms with Gasteiger partial charge >= 0.3 is 0 Å². The number of hydrogen-bond acceptors (Lipinski definition) is 2. The Bertz CT molecular complexity index is 987. The summed E-state index contributed by atoms with van der Waals surface area (Å²) in [6.45, 7) is 1.30. The average Bonchev–Trinajstić information content (AvgIpc) is 2.69. The first-order valence-corrected chi connectivity index (χ1v) is 9.03. The van der Waals surface area contributed by atoms with E-state index in [1.807, 2.05) is 36.4 Å². The molecular formula is C23H21FN2O2. The summed E-state index contributed by atoms with van der Waals surface area (Å²) in [6.07, 6.45) is 1.56. The molecule has 28 heavy (non-hydrogen) atoms. The van der Waals surface area contributed by atoms with Crippen molar-refractivity contribution in [3.8, 4) is 0 Å². The Morgan fingerprint density at radius 3 is 2.32 bits per heavy atom. The van der Waals surface area contributed by atoms with E-state index in [1.165, 1.54) is 30.7 Å². The summed E-state index contributed by atoms with van der Waals surface area (Å²) in [6, 6.07) is 21.6. The number of carbonyl (C=O) groups excluding carboxylic acids is 2. The van der Waals surface area contributed by atoms with Gasteiger partial charge in [0.25, 0.3) is 5.91 Å². The Kier molecular flexibility index (Phi) is 6.17. The summed E-state index contributed by atoms with van der Waals surface area (Å²) in [5, 5.41) is 5.19. The van der Waals surface area contributed by atoms with E-state index in [2.05, 4.69) is 22.8 Å². The summed E-state index contributed by atoms with van der Waals surface area (Å²) in [5.41, 5.74) is 3.16. The maximum Gasteiger partial charge on any atom is 0.255 e. The van der Waals surface area contributed by atoms with Crippen molar-refractivity contribution in [1.82, 2.24) is 0 Å². The molecule has 0 heterocycles. The van der Waals surface area contributed by atoms with E-state index in [0.29, 0.717) is 11.3 Å². The van der Waals surface area contributed by atoms with Crippen molar-refractivity contribution in [1.29, 1.82) is 0 Å². The monoisotopic (exact) mass is 376 g/mol. The molecule has 0 aliphatic carbocycles. The number of anilines is 2. The largest absolute Gasteiger partial charge is 0.324 e. The maximum absolute atomic E-state index is 13.8. The van der Waals surface area contributed by atoms with Crippen molar-refractivity contribution < 1.29 is 14.0 Å². The van der Waals surface area contributed by atoms with Crippen LogP contribution in [-0.4, -0.2) is 11.8 Å². The highest BCUT2D eigenvalue weighted by atomic mass is 19.1. The lowest BCUT2D eigenvalue weighted by atomic mass is 9.99. The lowest BCUT2D eigenvalue weighted by Gasteiger charge is -2.12. The molecule has 0 fully saturated rings. The molecular weight excluding hydrogens is 355 g/mol. The lowest BCUT2D eigenvalue weighted by Crippen LogP contribution is -2.15. The smallest absolute Gasteiger partial charge is 0.255 e. The van der Waals surface area contributed by atoms with Crippen molar-refractivity contribution in [3.63, 3.8) is 0 Å². The van der Waals surface area contributed by atoms with Gasteiger partial charge in [0.05, 0.1) is 5.69 Å². The number of aryl methyl sites for hydroxylation is 2. The molecule has 3 aromatic rings. The van der Waals surface area contributed by atoms with Gasteiger partial charge in [0.15, 0.2) is 0 Å². The van der Waals surface area contributed by atoms with Crippen molar-refractivity contribution in [3.05, 3.63) is 95.3 Å². The highest BCUT2D eigenvalue weighted by Crippen LogP contribution is 2.21. The van der Waals surface area contributed by atoms with Crippen LogP contribution >= 0.6 is 0 Å². The minimum atomic E-state index is -0.559. The van der Waals surface area contributed by atoms with Crippen LogP contribution in [0.5, 0.6) is 0 Å². The summed E-state index contributed by atoms with van der Waals surface area (Å²) >= 11 is 0. The van der Waals surface area contributed by atoms with Crippen LogP contribution in [0.15, 0.2) is 72.8 Å². The normalized spacial score (nSPS) is 10.4. The fourth-order valence-corrected chi connectivity index (χ4v) is 2.97. The van der Waals surface area contributed by atoms with Gasteiger partial charge < -0.3 is 10.6 Å². The molecule has 0 saturated heterocycles. The number of carbonyl (C=O) groups is 2. The molecule has 0 spiro atoms. The van der Waals surface area contributed by atoms with Gasteiger partial charge in [0.1, 0.15) is 5.82 Å². The molecule has 2 amide bonds. The maximum atomic E-state index is 13.8. The van der Waals surface area contributed by atoms with Gasteiger partial charge in [-0.3, -0.25) is 9.59 Å². The van der Waals surface area contributed by atoms with E-state index in [4.69, 9.17) is 0 Å². The third-order valence-corrected chi connectivity index (χ3v) is 4.32. The van der Waals surface area contributed by atoms with Crippen LogP contribution in [0.4, 0.5) is 15.8 Å². The first kappa shape index (κ1) is 19.3. The van der Waals surface area contributed by atoms with Crippen LogP contribution < -0.4 is 10.6 Å². The average molecular weight is 376 g/mol. The van der Waals surface area contributed by atoms with Crippen LogP contribution in [0.25, 0.3) is 0 Å². The molecule has 3 aromatic carbocycles. The van der Waals surface area contributed by atoms with Crippen LogP contribution in [0.1, 0.15) is 28.4 Å². The fraction of sp³-hybridized carbons (Fsp3) is 0.130. The second-order valence-corrected chi connectivity index (χ2v) is 6.47. The molecule has 0 bridgehead atoms. The van der Waals surface area contributed by atoms with Gasteiger partial charge in [-0.25, -0.2) is 4.39 Å². The molecule has 142 valence electrons. The third-order valence-electron chi connectivity index (χ3n) is 4.32. The van der Waals surface area contributed by atoms with Crippen molar-refractivity contribution in [2.24, 2.45) is 0 Å². The third kappa shape index (κ3) is 5.04. The molecule has 0 radical (unpaired) electrons. The van der Waals surface area contributed by atoms with Gasteiger partial charge in [-0.2, -0.15) is 0 Å². The second kappa shape index (κ2) is 8.95. The zero-order chi connectivity index (χ0) is 19.9. The van der Waals surface area contributed by atoms with E-state index in [1.54, 1.807) is 6.07 Å². The Labute approximate surface area is 163 Å². The fourth-order valence-electron chi connectivity index (χ4n) is 2.97. The quantitative estimate of drug-likeness (QED) is 0.648. The Morgan fingerprint density at radius 2 is 1.57 bits per heavy atom. The van der Waals surface area contributed by atoms with Crippen LogP contribution in [-0.2, 0) is 17.6 Å². The summed E-state index contributed by atoms with van der Waals surface area (Å²) in [7, 11) is 0. The predicted molar refractivity (Wildman–Crippen MR) is 109 cm³/mol. The first-order chi connectivity index (χ1) is 13.5. The van der Waals surface area contributed by atoms with E-state index in [0.717, 1.165) is 18.4 Å². The highest BCUT2D eigenvalue weighted by Gasteiger charge is 2.13. The van der Waals surface area contributed by atoms with Gasteiger partial charge in [-0.05, 0) is 48.2 Å². The molecule has 0 unspecified atom stereocenters. The van der Waals surface area contributed by atoms with Gasteiger partial charge in [0.2, 0.25) is 5.91 Å². The molecule has 0 aromatic heterocycles.